The topological polar surface area (TPSA) is 29.1 Å². The second-order valence-electron chi connectivity index (χ2n) is 4.56. The first-order valence-corrected chi connectivity index (χ1v) is 7.85. The van der Waals surface area contributed by atoms with Crippen molar-refractivity contribution >= 4 is 29.3 Å². The van der Waals surface area contributed by atoms with Gasteiger partial charge in [-0.25, -0.2) is 4.39 Å². The monoisotopic (exact) mass is 323 g/mol. The van der Waals surface area contributed by atoms with E-state index < -0.39 is 0 Å². The van der Waals surface area contributed by atoms with Crippen LogP contribution in [0, 0.1) is 5.82 Å². The second-order valence-corrected chi connectivity index (χ2v) is 5.98. The van der Waals surface area contributed by atoms with Gasteiger partial charge in [0.25, 0.3) is 0 Å². The van der Waals surface area contributed by atoms with Crippen molar-refractivity contribution in [3.05, 3.63) is 64.9 Å². The number of carbonyl (C=O) groups is 1. The molecule has 0 fully saturated rings. The van der Waals surface area contributed by atoms with Gasteiger partial charge in [-0.1, -0.05) is 35.9 Å². The Kier molecular flexibility index (Phi) is 5.65. The van der Waals surface area contributed by atoms with E-state index in [2.05, 4.69) is 5.32 Å². The van der Waals surface area contributed by atoms with Crippen molar-refractivity contribution in [2.75, 3.05) is 5.75 Å². The van der Waals surface area contributed by atoms with Crippen molar-refractivity contribution in [3.63, 3.8) is 0 Å². The van der Waals surface area contributed by atoms with E-state index in [1.54, 1.807) is 18.2 Å². The van der Waals surface area contributed by atoms with Crippen molar-refractivity contribution in [1.29, 1.82) is 0 Å². The van der Waals surface area contributed by atoms with E-state index in [1.807, 2.05) is 25.1 Å². The molecule has 21 heavy (non-hydrogen) atoms. The third kappa shape index (κ3) is 4.76. The van der Waals surface area contributed by atoms with Gasteiger partial charge in [-0.05, 0) is 36.8 Å². The molecule has 0 heterocycles. The molecule has 0 radical (unpaired) electrons. The molecule has 1 atom stereocenters. The Balaban J connectivity index is 1.87. The molecule has 2 aromatic rings. The van der Waals surface area contributed by atoms with Gasteiger partial charge in [-0.2, -0.15) is 0 Å². The third-order valence-electron chi connectivity index (χ3n) is 2.94. The molecule has 2 nitrogen and oxygen atoms in total. The van der Waals surface area contributed by atoms with Crippen LogP contribution < -0.4 is 5.32 Å². The summed E-state index contributed by atoms with van der Waals surface area (Å²) in [4.78, 5) is 12.8. The smallest absolute Gasteiger partial charge is 0.230 e. The number of thioether (sulfide) groups is 1. The van der Waals surface area contributed by atoms with Crippen LogP contribution in [-0.4, -0.2) is 11.7 Å². The maximum atomic E-state index is 12.9. The van der Waals surface area contributed by atoms with E-state index in [1.165, 1.54) is 23.9 Å². The van der Waals surface area contributed by atoms with Crippen LogP contribution >= 0.6 is 23.4 Å². The molecule has 1 unspecified atom stereocenters. The number of rotatable bonds is 5. The predicted molar refractivity (Wildman–Crippen MR) is 85.1 cm³/mol. The van der Waals surface area contributed by atoms with Crippen molar-refractivity contribution in [2.24, 2.45) is 0 Å². The van der Waals surface area contributed by atoms with Crippen LogP contribution in [0.3, 0.4) is 0 Å². The molecule has 0 aromatic heterocycles. The molecular formula is C16H15ClFNOS. The number of carbonyl (C=O) groups excluding carboxylic acids is 1. The summed E-state index contributed by atoms with van der Waals surface area (Å²) in [6, 6.07) is 13.4. The van der Waals surface area contributed by atoms with Crippen LogP contribution in [0.25, 0.3) is 0 Å². The molecule has 1 amide bonds. The van der Waals surface area contributed by atoms with E-state index in [-0.39, 0.29) is 23.5 Å². The average Bonchev–Trinajstić information content (AvgIpc) is 2.47. The van der Waals surface area contributed by atoms with Crippen LogP contribution in [0.15, 0.2) is 53.4 Å². The maximum Gasteiger partial charge on any atom is 0.230 e. The fourth-order valence-electron chi connectivity index (χ4n) is 1.82. The van der Waals surface area contributed by atoms with E-state index in [4.69, 9.17) is 11.6 Å². The molecule has 0 aliphatic rings. The van der Waals surface area contributed by atoms with Crippen LogP contribution in [0.1, 0.15) is 18.5 Å². The Labute approximate surface area is 132 Å². The SMILES string of the molecule is CC(NC(=O)CSc1ccccc1Cl)c1ccc(F)cc1. The zero-order valence-corrected chi connectivity index (χ0v) is 13.0. The van der Waals surface area contributed by atoms with Crippen molar-refractivity contribution in [3.8, 4) is 0 Å². The molecule has 2 aromatic carbocycles. The molecule has 5 heteroatoms. The Hall–Kier alpha value is -1.52. The second kappa shape index (κ2) is 7.48. The number of hydrogen-bond donors (Lipinski definition) is 1. The molecule has 0 spiro atoms. The molecule has 110 valence electrons. The zero-order valence-electron chi connectivity index (χ0n) is 11.5. The Bertz CT molecular complexity index is 618. The lowest BCUT2D eigenvalue weighted by atomic mass is 10.1. The standard InChI is InChI=1S/C16H15ClFNOS/c1-11(12-6-8-13(18)9-7-12)19-16(20)10-21-15-5-3-2-4-14(15)17/h2-9,11H,10H2,1H3,(H,19,20). The molecule has 0 saturated carbocycles. The highest BCUT2D eigenvalue weighted by atomic mass is 35.5. The summed E-state index contributed by atoms with van der Waals surface area (Å²) in [7, 11) is 0. The van der Waals surface area contributed by atoms with Crippen molar-refractivity contribution < 1.29 is 9.18 Å². The zero-order chi connectivity index (χ0) is 15.2. The third-order valence-corrected chi connectivity index (χ3v) is 4.46. The summed E-state index contributed by atoms with van der Waals surface area (Å²) in [5, 5.41) is 3.52. The quantitative estimate of drug-likeness (QED) is 0.824. The van der Waals surface area contributed by atoms with Gasteiger partial charge < -0.3 is 5.32 Å². The van der Waals surface area contributed by atoms with Gasteiger partial charge in [0.15, 0.2) is 0 Å². The first-order chi connectivity index (χ1) is 10.1. The summed E-state index contributed by atoms with van der Waals surface area (Å²) in [5.74, 6) is -0.0850. The minimum absolute atomic E-state index is 0.0863. The highest BCUT2D eigenvalue weighted by Crippen LogP contribution is 2.26. The van der Waals surface area contributed by atoms with Crippen molar-refractivity contribution in [2.45, 2.75) is 17.9 Å². The van der Waals surface area contributed by atoms with Gasteiger partial charge in [0.2, 0.25) is 5.91 Å². The number of hydrogen-bond acceptors (Lipinski definition) is 2. The molecule has 0 aliphatic heterocycles. The van der Waals surface area contributed by atoms with Crippen LogP contribution in [0.2, 0.25) is 5.02 Å². The minimum atomic E-state index is -0.286. The van der Waals surface area contributed by atoms with Crippen LogP contribution in [0.4, 0.5) is 4.39 Å². The predicted octanol–water partition coefficient (Wildman–Crippen LogP) is 4.45. The molecule has 2 rings (SSSR count). The first kappa shape index (κ1) is 15.9. The van der Waals surface area contributed by atoms with Crippen molar-refractivity contribution in [1.82, 2.24) is 5.32 Å². The van der Waals surface area contributed by atoms with E-state index in [0.717, 1.165) is 10.5 Å². The fraction of sp³-hybridized carbons (Fsp3) is 0.188. The lowest BCUT2D eigenvalue weighted by molar-refractivity contribution is -0.119. The summed E-state index contributed by atoms with van der Waals surface area (Å²) in [6.45, 7) is 1.87. The number of halogens is 2. The Morgan fingerprint density at radius 1 is 1.24 bits per heavy atom. The highest BCUT2D eigenvalue weighted by molar-refractivity contribution is 8.00. The molecule has 0 bridgehead atoms. The minimum Gasteiger partial charge on any atom is -0.349 e. The van der Waals surface area contributed by atoms with Gasteiger partial charge in [0.05, 0.1) is 16.8 Å². The first-order valence-electron chi connectivity index (χ1n) is 6.48. The van der Waals surface area contributed by atoms with Crippen LogP contribution in [0.5, 0.6) is 0 Å². The number of nitrogens with one attached hydrogen (secondary N) is 1. The summed E-state index contributed by atoms with van der Waals surface area (Å²) in [5.41, 5.74) is 0.868. The molecule has 0 saturated heterocycles. The lowest BCUT2D eigenvalue weighted by Crippen LogP contribution is -2.28. The van der Waals surface area contributed by atoms with Crippen LogP contribution in [-0.2, 0) is 4.79 Å². The summed E-state index contributed by atoms with van der Waals surface area (Å²) in [6.07, 6.45) is 0. The van der Waals surface area contributed by atoms with Gasteiger partial charge >= 0.3 is 0 Å². The van der Waals surface area contributed by atoms with Gasteiger partial charge in [-0.15, -0.1) is 11.8 Å². The molecule has 0 aliphatic carbocycles. The lowest BCUT2D eigenvalue weighted by Gasteiger charge is -2.14. The van der Waals surface area contributed by atoms with Gasteiger partial charge in [-0.3, -0.25) is 4.79 Å². The van der Waals surface area contributed by atoms with E-state index in [9.17, 15) is 9.18 Å². The van der Waals surface area contributed by atoms with Gasteiger partial charge in [0.1, 0.15) is 5.82 Å². The van der Waals surface area contributed by atoms with E-state index >= 15 is 0 Å². The fourth-order valence-corrected chi connectivity index (χ4v) is 2.87. The molecule has 1 N–H and O–H groups in total. The highest BCUT2D eigenvalue weighted by Gasteiger charge is 2.10. The van der Waals surface area contributed by atoms with Gasteiger partial charge in [0, 0.05) is 4.90 Å². The Morgan fingerprint density at radius 2 is 1.90 bits per heavy atom. The van der Waals surface area contributed by atoms with E-state index in [0.29, 0.717) is 5.02 Å². The maximum absolute atomic E-state index is 12.9. The summed E-state index contributed by atoms with van der Waals surface area (Å²) >= 11 is 7.43. The largest absolute Gasteiger partial charge is 0.349 e. The normalized spacial score (nSPS) is 12.0. The average molecular weight is 324 g/mol. The molecular weight excluding hydrogens is 309 g/mol. The summed E-state index contributed by atoms with van der Waals surface area (Å²) < 4.78 is 12.9. The number of amides is 1. The Morgan fingerprint density at radius 3 is 2.57 bits per heavy atom. The number of benzene rings is 2.